The van der Waals surface area contributed by atoms with E-state index in [2.05, 4.69) is 19.2 Å². The number of allylic oxidation sites excluding steroid dienone is 4. The van der Waals surface area contributed by atoms with Gasteiger partial charge in [0.2, 0.25) is 0 Å². The molecular formula is C15H25FN2. The first-order valence-electron chi connectivity index (χ1n) is 6.70. The zero-order valence-electron chi connectivity index (χ0n) is 11.9. The molecule has 1 aliphatic carbocycles. The lowest BCUT2D eigenvalue weighted by Gasteiger charge is -2.18. The Morgan fingerprint density at radius 1 is 1.44 bits per heavy atom. The molecule has 0 aliphatic heterocycles. The molecule has 0 radical (unpaired) electrons. The van der Waals surface area contributed by atoms with Crippen molar-refractivity contribution in [2.75, 3.05) is 6.54 Å². The molecule has 102 valence electrons. The maximum atomic E-state index is 13.8. The van der Waals surface area contributed by atoms with Crippen LogP contribution in [-0.4, -0.2) is 6.54 Å². The second-order valence-electron chi connectivity index (χ2n) is 5.33. The van der Waals surface area contributed by atoms with Gasteiger partial charge in [0.05, 0.1) is 11.4 Å². The van der Waals surface area contributed by atoms with Crippen LogP contribution in [0.3, 0.4) is 0 Å². The van der Waals surface area contributed by atoms with Gasteiger partial charge in [0.15, 0.2) is 0 Å². The van der Waals surface area contributed by atoms with Crippen LogP contribution in [-0.2, 0) is 0 Å². The molecule has 0 atom stereocenters. The van der Waals surface area contributed by atoms with Crippen LogP contribution in [0.5, 0.6) is 0 Å². The predicted molar refractivity (Wildman–Crippen MR) is 75.4 cm³/mol. The third kappa shape index (κ3) is 4.21. The number of halogens is 1. The molecule has 0 unspecified atom stereocenters. The van der Waals surface area contributed by atoms with Crippen molar-refractivity contribution in [3.05, 3.63) is 34.9 Å². The molecule has 0 aromatic heterocycles. The third-order valence-corrected chi connectivity index (χ3v) is 2.95. The minimum atomic E-state index is -0.115. The molecule has 0 aromatic rings. The molecule has 0 heterocycles. The fourth-order valence-electron chi connectivity index (χ4n) is 1.95. The highest BCUT2D eigenvalue weighted by Crippen LogP contribution is 2.41. The van der Waals surface area contributed by atoms with Crippen molar-refractivity contribution in [3.63, 3.8) is 0 Å². The number of hydrogen-bond acceptors (Lipinski definition) is 2. The van der Waals surface area contributed by atoms with Crippen LogP contribution in [0.25, 0.3) is 0 Å². The zero-order chi connectivity index (χ0) is 13.7. The number of hydrogen-bond donors (Lipinski definition) is 2. The molecule has 1 saturated carbocycles. The normalized spacial score (nSPS) is 19.0. The van der Waals surface area contributed by atoms with Gasteiger partial charge in [-0.05, 0) is 44.6 Å². The summed E-state index contributed by atoms with van der Waals surface area (Å²) in [4.78, 5) is 0. The quantitative estimate of drug-likeness (QED) is 0.708. The fourth-order valence-corrected chi connectivity index (χ4v) is 1.95. The molecular weight excluding hydrogens is 227 g/mol. The molecule has 1 fully saturated rings. The van der Waals surface area contributed by atoms with Crippen molar-refractivity contribution in [1.82, 2.24) is 5.32 Å². The van der Waals surface area contributed by atoms with E-state index in [4.69, 9.17) is 5.73 Å². The van der Waals surface area contributed by atoms with E-state index in [0.29, 0.717) is 17.5 Å². The molecule has 0 bridgehead atoms. The summed E-state index contributed by atoms with van der Waals surface area (Å²) in [5, 5.41) is 3.31. The summed E-state index contributed by atoms with van der Waals surface area (Å²) in [5.74, 6) is 0.725. The Labute approximate surface area is 110 Å². The highest BCUT2D eigenvalue weighted by molar-refractivity contribution is 5.41. The van der Waals surface area contributed by atoms with E-state index in [9.17, 15) is 4.39 Å². The Balaban J connectivity index is 3.03. The Kier molecular flexibility index (Phi) is 5.45. The Hall–Kier alpha value is -1.25. The predicted octanol–water partition coefficient (Wildman–Crippen LogP) is 3.63. The Bertz CT molecular complexity index is 370. The average molecular weight is 252 g/mol. The van der Waals surface area contributed by atoms with Crippen LogP contribution in [0, 0.1) is 11.8 Å². The summed E-state index contributed by atoms with van der Waals surface area (Å²) in [7, 11) is 0. The number of rotatable bonds is 6. The van der Waals surface area contributed by atoms with E-state index in [0.717, 1.165) is 30.7 Å². The first-order valence-corrected chi connectivity index (χ1v) is 6.70. The smallest absolute Gasteiger partial charge is 0.102 e. The fraction of sp³-hybridized carbons (Fsp3) is 0.600. The molecule has 3 heteroatoms. The van der Waals surface area contributed by atoms with E-state index in [1.807, 2.05) is 19.1 Å². The maximum absolute atomic E-state index is 13.8. The van der Waals surface area contributed by atoms with Gasteiger partial charge in [-0.1, -0.05) is 19.9 Å². The summed E-state index contributed by atoms with van der Waals surface area (Å²) >= 11 is 0. The number of nitrogens with two attached hydrogens (primary N) is 1. The van der Waals surface area contributed by atoms with Crippen molar-refractivity contribution < 1.29 is 4.39 Å². The van der Waals surface area contributed by atoms with Crippen LogP contribution < -0.4 is 11.1 Å². The lowest BCUT2D eigenvalue weighted by Crippen LogP contribution is -2.24. The highest BCUT2D eigenvalue weighted by atomic mass is 19.1. The first kappa shape index (κ1) is 14.8. The monoisotopic (exact) mass is 252 g/mol. The molecule has 1 rings (SSSR count). The van der Waals surface area contributed by atoms with Gasteiger partial charge in [0.25, 0.3) is 0 Å². The van der Waals surface area contributed by atoms with Crippen LogP contribution >= 0.6 is 0 Å². The second-order valence-corrected chi connectivity index (χ2v) is 5.33. The maximum Gasteiger partial charge on any atom is 0.102 e. The van der Waals surface area contributed by atoms with Gasteiger partial charge in [-0.3, -0.25) is 0 Å². The molecule has 3 N–H and O–H groups in total. The Morgan fingerprint density at radius 3 is 2.44 bits per heavy atom. The highest BCUT2D eigenvalue weighted by Gasteiger charge is 2.31. The van der Waals surface area contributed by atoms with Gasteiger partial charge >= 0.3 is 0 Å². The van der Waals surface area contributed by atoms with Crippen molar-refractivity contribution in [2.24, 2.45) is 17.6 Å². The van der Waals surface area contributed by atoms with Crippen LogP contribution in [0.15, 0.2) is 34.9 Å². The van der Waals surface area contributed by atoms with Crippen molar-refractivity contribution in [1.29, 1.82) is 0 Å². The minimum absolute atomic E-state index is 0.115. The molecule has 2 nitrogen and oxygen atoms in total. The second kappa shape index (κ2) is 6.62. The van der Waals surface area contributed by atoms with Crippen molar-refractivity contribution in [2.45, 2.75) is 40.5 Å². The summed E-state index contributed by atoms with van der Waals surface area (Å²) in [5.41, 5.74) is 8.22. The topological polar surface area (TPSA) is 38.0 Å². The van der Waals surface area contributed by atoms with Crippen LogP contribution in [0.1, 0.15) is 40.5 Å². The summed E-state index contributed by atoms with van der Waals surface area (Å²) in [6.07, 6.45) is 5.83. The van der Waals surface area contributed by atoms with Crippen LogP contribution in [0.2, 0.25) is 0 Å². The molecule has 0 spiro atoms. The SMILES string of the molecule is C/C=C/C(N)=C(NCC(C)C)\C(=C(/C)F)C1CC1. The van der Waals surface area contributed by atoms with Gasteiger partial charge in [-0.15, -0.1) is 0 Å². The standard InChI is InChI=1S/C15H25FN2/c1-5-6-13(17)15(18-9-10(2)3)14(11(4)16)12-7-8-12/h5-6,10,12,18H,7-9,17H2,1-4H3/b6-5+,14-11+,15-13-. The molecule has 0 saturated heterocycles. The lowest BCUT2D eigenvalue weighted by molar-refractivity contribution is 0.577. The largest absolute Gasteiger partial charge is 0.397 e. The van der Waals surface area contributed by atoms with Crippen LogP contribution in [0.4, 0.5) is 4.39 Å². The zero-order valence-corrected chi connectivity index (χ0v) is 11.9. The van der Waals surface area contributed by atoms with E-state index >= 15 is 0 Å². The van der Waals surface area contributed by atoms with E-state index in [1.165, 1.54) is 6.92 Å². The Morgan fingerprint density at radius 2 is 2.06 bits per heavy atom. The summed E-state index contributed by atoms with van der Waals surface area (Å²) in [6, 6.07) is 0. The first-order chi connectivity index (χ1) is 8.47. The van der Waals surface area contributed by atoms with Gasteiger partial charge < -0.3 is 11.1 Å². The van der Waals surface area contributed by atoms with Gasteiger partial charge in [0, 0.05) is 12.1 Å². The number of nitrogens with one attached hydrogen (secondary N) is 1. The third-order valence-electron chi connectivity index (χ3n) is 2.95. The lowest BCUT2D eigenvalue weighted by atomic mass is 10.0. The van der Waals surface area contributed by atoms with E-state index in [1.54, 1.807) is 0 Å². The summed E-state index contributed by atoms with van der Waals surface area (Å²) < 4.78 is 13.8. The van der Waals surface area contributed by atoms with Crippen molar-refractivity contribution in [3.8, 4) is 0 Å². The molecule has 0 amide bonds. The van der Waals surface area contributed by atoms with Gasteiger partial charge in [0.1, 0.15) is 5.83 Å². The van der Waals surface area contributed by atoms with E-state index < -0.39 is 0 Å². The van der Waals surface area contributed by atoms with Gasteiger partial charge in [-0.25, -0.2) is 4.39 Å². The van der Waals surface area contributed by atoms with E-state index in [-0.39, 0.29) is 5.83 Å². The molecule has 0 aromatic carbocycles. The minimum Gasteiger partial charge on any atom is -0.397 e. The summed E-state index contributed by atoms with van der Waals surface area (Å²) in [6.45, 7) is 8.49. The van der Waals surface area contributed by atoms with Gasteiger partial charge in [-0.2, -0.15) is 0 Å². The molecule has 18 heavy (non-hydrogen) atoms. The van der Waals surface area contributed by atoms with Crippen molar-refractivity contribution >= 4 is 0 Å². The average Bonchev–Trinajstić information content (AvgIpc) is 3.07. The molecule has 1 aliphatic rings.